The first kappa shape index (κ1) is 15.4. The molecule has 5 nitrogen and oxygen atoms in total. The largest absolute Gasteiger partial charge is 0.389 e. The maximum Gasteiger partial charge on any atom is 0.216 e. The summed E-state index contributed by atoms with van der Waals surface area (Å²) >= 11 is 4.89. The molecule has 110 valence electrons. The van der Waals surface area contributed by atoms with E-state index in [-0.39, 0.29) is 10.7 Å². The third-order valence-corrected chi connectivity index (χ3v) is 4.94. The van der Waals surface area contributed by atoms with Crippen molar-refractivity contribution in [2.45, 2.75) is 24.6 Å². The van der Waals surface area contributed by atoms with Gasteiger partial charge in [-0.1, -0.05) is 30.4 Å². The van der Waals surface area contributed by atoms with Gasteiger partial charge in [0, 0.05) is 12.2 Å². The normalized spacial score (nSPS) is 22.9. The highest BCUT2D eigenvalue weighted by Crippen LogP contribution is 2.20. The van der Waals surface area contributed by atoms with Crippen LogP contribution in [0.3, 0.4) is 0 Å². The van der Waals surface area contributed by atoms with Gasteiger partial charge in [-0.05, 0) is 25.0 Å². The molecule has 20 heavy (non-hydrogen) atoms. The van der Waals surface area contributed by atoms with Crippen molar-refractivity contribution in [2.75, 3.05) is 13.2 Å². The topological polar surface area (TPSA) is 81.4 Å². The number of nitrogens with two attached hydrogens (primary N) is 1. The Bertz CT molecular complexity index is 608. The molecule has 1 aromatic rings. The lowest BCUT2D eigenvalue weighted by Gasteiger charge is -2.23. The molecule has 0 spiro atoms. The fourth-order valence-electron chi connectivity index (χ4n) is 2.19. The Morgan fingerprint density at radius 3 is 2.90 bits per heavy atom. The molecule has 1 unspecified atom stereocenters. The molecule has 7 heteroatoms. The predicted molar refractivity (Wildman–Crippen MR) is 81.9 cm³/mol. The van der Waals surface area contributed by atoms with Gasteiger partial charge in [0.15, 0.2) is 0 Å². The summed E-state index contributed by atoms with van der Waals surface area (Å²) in [5.41, 5.74) is 6.36. The molecule has 1 saturated heterocycles. The number of ether oxygens (including phenoxy) is 1. The summed E-state index contributed by atoms with van der Waals surface area (Å²) in [5.74, 6) is -0.0982. The second kappa shape index (κ2) is 5.77. The van der Waals surface area contributed by atoms with E-state index in [2.05, 4.69) is 4.72 Å². The van der Waals surface area contributed by atoms with Crippen molar-refractivity contribution >= 4 is 27.2 Å². The number of thiocarbonyl (C=S) groups is 1. The molecule has 0 amide bonds. The van der Waals surface area contributed by atoms with Gasteiger partial charge in [-0.15, -0.1) is 0 Å². The fraction of sp³-hybridized carbons (Fsp3) is 0.462. The van der Waals surface area contributed by atoms with Crippen LogP contribution in [0.15, 0.2) is 24.3 Å². The van der Waals surface area contributed by atoms with E-state index >= 15 is 0 Å². The maximum absolute atomic E-state index is 12.2. The Morgan fingerprint density at radius 1 is 1.55 bits per heavy atom. The first-order valence-electron chi connectivity index (χ1n) is 6.28. The van der Waals surface area contributed by atoms with Crippen LogP contribution in [-0.2, 0) is 20.5 Å². The van der Waals surface area contributed by atoms with Crippen molar-refractivity contribution in [1.82, 2.24) is 4.72 Å². The molecule has 0 aromatic heterocycles. The van der Waals surface area contributed by atoms with E-state index in [1.807, 2.05) is 6.92 Å². The van der Waals surface area contributed by atoms with Gasteiger partial charge < -0.3 is 10.5 Å². The summed E-state index contributed by atoms with van der Waals surface area (Å²) in [7, 11) is -3.43. The highest BCUT2D eigenvalue weighted by molar-refractivity contribution is 7.88. The van der Waals surface area contributed by atoms with Gasteiger partial charge in [-0.3, -0.25) is 0 Å². The molecule has 0 bridgehead atoms. The molecule has 1 atom stereocenters. The molecular formula is C13H18N2O3S2. The number of benzene rings is 1. The van der Waals surface area contributed by atoms with Crippen LogP contribution in [0.1, 0.15) is 24.5 Å². The van der Waals surface area contributed by atoms with Gasteiger partial charge in [0.2, 0.25) is 10.0 Å². The zero-order valence-electron chi connectivity index (χ0n) is 11.3. The smallest absolute Gasteiger partial charge is 0.216 e. The van der Waals surface area contributed by atoms with Gasteiger partial charge >= 0.3 is 0 Å². The van der Waals surface area contributed by atoms with Crippen LogP contribution in [0.25, 0.3) is 0 Å². The van der Waals surface area contributed by atoms with Crippen molar-refractivity contribution in [3.8, 4) is 0 Å². The van der Waals surface area contributed by atoms with E-state index < -0.39 is 15.6 Å². The quantitative estimate of drug-likeness (QED) is 0.790. The monoisotopic (exact) mass is 314 g/mol. The van der Waals surface area contributed by atoms with Crippen LogP contribution in [0.5, 0.6) is 0 Å². The summed E-state index contributed by atoms with van der Waals surface area (Å²) in [4.78, 5) is 0.258. The number of hydrogen-bond donors (Lipinski definition) is 2. The van der Waals surface area contributed by atoms with Crippen molar-refractivity contribution in [1.29, 1.82) is 0 Å². The van der Waals surface area contributed by atoms with Crippen molar-refractivity contribution < 1.29 is 13.2 Å². The second-order valence-corrected chi connectivity index (χ2v) is 7.45. The Hall–Kier alpha value is -1.02. The lowest BCUT2D eigenvalue weighted by molar-refractivity contribution is 0.178. The molecule has 1 aliphatic rings. The van der Waals surface area contributed by atoms with Gasteiger partial charge in [0.05, 0.1) is 17.9 Å². The zero-order chi connectivity index (χ0) is 14.8. The molecule has 1 aliphatic heterocycles. The number of rotatable bonds is 5. The van der Waals surface area contributed by atoms with E-state index in [0.29, 0.717) is 30.8 Å². The van der Waals surface area contributed by atoms with Crippen LogP contribution >= 0.6 is 12.2 Å². The Balaban J connectivity index is 2.12. The SMILES string of the molecule is CC1(NS(=O)(=O)Cc2cccc(C(N)=S)c2)CCOC1. The standard InChI is InChI=1S/C13H18N2O3S2/c1-13(5-6-18-9-13)15-20(16,17)8-10-3-2-4-11(7-10)12(14)19/h2-4,7,15H,5-6,8-9H2,1H3,(H2,14,19). The Kier molecular flexibility index (Phi) is 4.43. The molecule has 1 fully saturated rings. The first-order valence-corrected chi connectivity index (χ1v) is 8.34. The predicted octanol–water partition coefficient (Wildman–Crippen LogP) is 0.919. The highest BCUT2D eigenvalue weighted by atomic mass is 32.2. The van der Waals surface area contributed by atoms with Crippen LogP contribution in [0.4, 0.5) is 0 Å². The van der Waals surface area contributed by atoms with Crippen LogP contribution in [0, 0.1) is 0 Å². The lowest BCUT2D eigenvalue weighted by atomic mass is 10.0. The van der Waals surface area contributed by atoms with Crippen LogP contribution in [-0.4, -0.2) is 32.2 Å². The molecule has 2 rings (SSSR count). The molecule has 1 aromatic carbocycles. The Morgan fingerprint density at radius 2 is 2.30 bits per heavy atom. The first-order chi connectivity index (χ1) is 9.30. The van der Waals surface area contributed by atoms with Crippen molar-refractivity contribution in [2.24, 2.45) is 5.73 Å². The number of nitrogens with one attached hydrogen (secondary N) is 1. The summed E-state index contributed by atoms with van der Waals surface area (Å²) in [5, 5.41) is 0. The molecular weight excluding hydrogens is 296 g/mol. The van der Waals surface area contributed by atoms with E-state index in [0.717, 1.165) is 0 Å². The summed E-state index contributed by atoms with van der Waals surface area (Å²) in [6.45, 7) is 2.83. The van der Waals surface area contributed by atoms with Crippen molar-refractivity contribution in [3.63, 3.8) is 0 Å². The van der Waals surface area contributed by atoms with E-state index in [9.17, 15) is 8.42 Å². The molecule has 0 radical (unpaired) electrons. The molecule has 0 saturated carbocycles. The molecule has 3 N–H and O–H groups in total. The average molecular weight is 314 g/mol. The summed E-state index contributed by atoms with van der Waals surface area (Å²) < 4.78 is 32.4. The minimum atomic E-state index is -3.43. The van der Waals surface area contributed by atoms with E-state index in [1.54, 1.807) is 24.3 Å². The highest BCUT2D eigenvalue weighted by Gasteiger charge is 2.33. The van der Waals surface area contributed by atoms with Gasteiger partial charge in [-0.2, -0.15) is 0 Å². The van der Waals surface area contributed by atoms with E-state index in [4.69, 9.17) is 22.7 Å². The van der Waals surface area contributed by atoms with Crippen molar-refractivity contribution in [3.05, 3.63) is 35.4 Å². The minimum absolute atomic E-state index is 0.0982. The Labute approximate surface area is 124 Å². The molecule has 1 heterocycles. The third kappa shape index (κ3) is 3.99. The summed E-state index contributed by atoms with van der Waals surface area (Å²) in [6.07, 6.45) is 0.680. The third-order valence-electron chi connectivity index (χ3n) is 3.19. The minimum Gasteiger partial charge on any atom is -0.389 e. The number of sulfonamides is 1. The van der Waals surface area contributed by atoms with Gasteiger partial charge in [0.1, 0.15) is 4.99 Å². The van der Waals surface area contributed by atoms with Crippen LogP contribution < -0.4 is 10.5 Å². The van der Waals surface area contributed by atoms with E-state index in [1.165, 1.54) is 0 Å². The molecule has 0 aliphatic carbocycles. The van der Waals surface area contributed by atoms with Crippen LogP contribution in [0.2, 0.25) is 0 Å². The summed E-state index contributed by atoms with van der Waals surface area (Å²) in [6, 6.07) is 6.96. The second-order valence-electron chi connectivity index (χ2n) is 5.29. The van der Waals surface area contributed by atoms with Gasteiger partial charge in [0.25, 0.3) is 0 Å². The average Bonchev–Trinajstić information content (AvgIpc) is 2.74. The van der Waals surface area contributed by atoms with Gasteiger partial charge in [-0.25, -0.2) is 13.1 Å². The number of hydrogen-bond acceptors (Lipinski definition) is 4. The zero-order valence-corrected chi connectivity index (χ0v) is 12.9. The lowest BCUT2D eigenvalue weighted by Crippen LogP contribution is -2.46. The maximum atomic E-state index is 12.2. The fourth-order valence-corrected chi connectivity index (χ4v) is 3.92.